The normalized spacial score (nSPS) is 10.1. The summed E-state index contributed by atoms with van der Waals surface area (Å²) in [5.74, 6) is 1.28. The number of aliphatic hydroxyl groups excluding tert-OH is 1. The Morgan fingerprint density at radius 3 is 3.00 bits per heavy atom. The molecule has 0 saturated carbocycles. The molecule has 0 fully saturated rings. The highest BCUT2D eigenvalue weighted by Gasteiger charge is 2.06. The van der Waals surface area contributed by atoms with Gasteiger partial charge in [-0.25, -0.2) is 4.98 Å². The molecule has 0 aliphatic heterocycles. The van der Waals surface area contributed by atoms with Crippen molar-refractivity contribution in [2.45, 2.75) is 5.88 Å². The predicted molar refractivity (Wildman–Crippen MR) is 54.1 cm³/mol. The molecule has 1 N–H and O–H groups in total. The number of hydrogen-bond donors (Lipinski definition) is 1. The van der Waals surface area contributed by atoms with Gasteiger partial charge < -0.3 is 10.0 Å². The topological polar surface area (TPSA) is 36.4 Å². The number of aromatic nitrogens is 1. The average Bonchev–Trinajstić information content (AvgIpc) is 2.18. The number of anilines is 1. The van der Waals surface area contributed by atoms with E-state index in [2.05, 4.69) is 4.98 Å². The molecule has 0 aliphatic rings. The number of nitrogens with zero attached hydrogens (tertiary/aromatic N) is 2. The van der Waals surface area contributed by atoms with E-state index >= 15 is 0 Å². The summed E-state index contributed by atoms with van der Waals surface area (Å²) in [6.45, 7) is 0.690. The molecular weight excluding hydrogens is 188 g/mol. The summed E-state index contributed by atoms with van der Waals surface area (Å²) in [5.41, 5.74) is 0.986. The van der Waals surface area contributed by atoms with Crippen LogP contribution in [0.3, 0.4) is 0 Å². The van der Waals surface area contributed by atoms with Crippen LogP contribution in [0.1, 0.15) is 5.56 Å². The number of likely N-dealkylation sites (N-methyl/N-ethyl adjacent to an activating group) is 1. The van der Waals surface area contributed by atoms with Gasteiger partial charge in [-0.15, -0.1) is 11.6 Å². The molecule has 4 heteroatoms. The van der Waals surface area contributed by atoms with Gasteiger partial charge in [0.05, 0.1) is 12.5 Å². The molecule has 0 saturated heterocycles. The van der Waals surface area contributed by atoms with E-state index in [1.807, 2.05) is 24.1 Å². The van der Waals surface area contributed by atoms with E-state index in [9.17, 15) is 0 Å². The Kier molecular flexibility index (Phi) is 3.99. The zero-order chi connectivity index (χ0) is 9.68. The number of halogens is 1. The molecule has 0 aromatic carbocycles. The first-order chi connectivity index (χ1) is 6.29. The Labute approximate surface area is 83.0 Å². The SMILES string of the molecule is CN(CCO)c1ncccc1CCl. The lowest BCUT2D eigenvalue weighted by molar-refractivity contribution is 0.304. The van der Waals surface area contributed by atoms with Crippen LogP contribution >= 0.6 is 11.6 Å². The predicted octanol–water partition coefficient (Wildman–Crippen LogP) is 1.25. The summed E-state index contributed by atoms with van der Waals surface area (Å²) < 4.78 is 0. The van der Waals surface area contributed by atoms with Crippen LogP contribution in [-0.4, -0.2) is 30.3 Å². The van der Waals surface area contributed by atoms with Gasteiger partial charge in [0, 0.05) is 25.4 Å². The molecule has 0 spiro atoms. The van der Waals surface area contributed by atoms with Crippen molar-refractivity contribution in [3.8, 4) is 0 Å². The highest BCUT2D eigenvalue weighted by Crippen LogP contribution is 2.16. The maximum Gasteiger partial charge on any atom is 0.132 e. The lowest BCUT2D eigenvalue weighted by Crippen LogP contribution is -2.23. The van der Waals surface area contributed by atoms with Crippen LogP contribution in [0.5, 0.6) is 0 Å². The monoisotopic (exact) mass is 200 g/mol. The van der Waals surface area contributed by atoms with E-state index in [4.69, 9.17) is 16.7 Å². The number of alkyl halides is 1. The van der Waals surface area contributed by atoms with Gasteiger partial charge in [0.15, 0.2) is 0 Å². The van der Waals surface area contributed by atoms with Crippen LogP contribution in [-0.2, 0) is 5.88 Å². The summed E-state index contributed by atoms with van der Waals surface area (Å²) in [4.78, 5) is 6.09. The van der Waals surface area contributed by atoms with Crippen molar-refractivity contribution in [3.63, 3.8) is 0 Å². The van der Waals surface area contributed by atoms with E-state index in [0.29, 0.717) is 12.4 Å². The van der Waals surface area contributed by atoms with Gasteiger partial charge >= 0.3 is 0 Å². The molecule has 1 rings (SSSR count). The first-order valence-corrected chi connectivity index (χ1v) is 4.65. The minimum Gasteiger partial charge on any atom is -0.395 e. The van der Waals surface area contributed by atoms with Crippen molar-refractivity contribution in [2.75, 3.05) is 25.1 Å². The highest BCUT2D eigenvalue weighted by molar-refractivity contribution is 6.17. The Morgan fingerprint density at radius 1 is 1.62 bits per heavy atom. The van der Waals surface area contributed by atoms with Crippen molar-refractivity contribution in [1.29, 1.82) is 0 Å². The second-order valence-corrected chi connectivity index (χ2v) is 3.03. The largest absolute Gasteiger partial charge is 0.395 e. The number of pyridine rings is 1. The van der Waals surface area contributed by atoms with E-state index in [-0.39, 0.29) is 6.61 Å². The molecular formula is C9H13ClN2O. The molecule has 1 heterocycles. The van der Waals surface area contributed by atoms with Crippen molar-refractivity contribution in [2.24, 2.45) is 0 Å². The lowest BCUT2D eigenvalue weighted by Gasteiger charge is -2.18. The molecule has 0 amide bonds. The van der Waals surface area contributed by atoms with Gasteiger partial charge in [0.25, 0.3) is 0 Å². The second kappa shape index (κ2) is 5.04. The fourth-order valence-corrected chi connectivity index (χ4v) is 1.34. The maximum atomic E-state index is 8.76. The highest BCUT2D eigenvalue weighted by atomic mass is 35.5. The van der Waals surface area contributed by atoms with Gasteiger partial charge in [-0.3, -0.25) is 0 Å². The first kappa shape index (κ1) is 10.3. The fraction of sp³-hybridized carbons (Fsp3) is 0.444. The second-order valence-electron chi connectivity index (χ2n) is 2.76. The molecule has 0 aliphatic carbocycles. The van der Waals surface area contributed by atoms with Crippen molar-refractivity contribution < 1.29 is 5.11 Å². The van der Waals surface area contributed by atoms with Gasteiger partial charge in [0.2, 0.25) is 0 Å². The van der Waals surface area contributed by atoms with Crippen LogP contribution in [0.15, 0.2) is 18.3 Å². The maximum absolute atomic E-state index is 8.76. The van der Waals surface area contributed by atoms with Crippen molar-refractivity contribution >= 4 is 17.4 Å². The third kappa shape index (κ3) is 2.57. The number of aliphatic hydroxyl groups is 1. The fourth-order valence-electron chi connectivity index (χ4n) is 1.13. The Morgan fingerprint density at radius 2 is 2.38 bits per heavy atom. The van der Waals surface area contributed by atoms with E-state index in [1.54, 1.807) is 6.20 Å². The van der Waals surface area contributed by atoms with Crippen LogP contribution in [0.2, 0.25) is 0 Å². The molecule has 1 aromatic heterocycles. The van der Waals surface area contributed by atoms with Crippen molar-refractivity contribution in [3.05, 3.63) is 23.9 Å². The standard InChI is InChI=1S/C9H13ClN2O/c1-12(5-6-13)9-8(7-10)3-2-4-11-9/h2-4,13H,5-7H2,1H3. The van der Waals surface area contributed by atoms with Crippen LogP contribution in [0.4, 0.5) is 5.82 Å². The quantitative estimate of drug-likeness (QED) is 0.744. The molecule has 1 aromatic rings. The summed E-state index contributed by atoms with van der Waals surface area (Å²) in [6.07, 6.45) is 1.72. The molecule has 0 bridgehead atoms. The molecule has 0 unspecified atom stereocenters. The summed E-state index contributed by atoms with van der Waals surface area (Å²) in [7, 11) is 1.88. The minimum absolute atomic E-state index is 0.120. The van der Waals surface area contributed by atoms with E-state index in [0.717, 1.165) is 11.4 Å². The van der Waals surface area contributed by atoms with Gasteiger partial charge in [-0.1, -0.05) is 6.07 Å². The van der Waals surface area contributed by atoms with Gasteiger partial charge in [0.1, 0.15) is 5.82 Å². The van der Waals surface area contributed by atoms with E-state index < -0.39 is 0 Å². The summed E-state index contributed by atoms with van der Waals surface area (Å²) >= 11 is 5.75. The molecule has 3 nitrogen and oxygen atoms in total. The molecule has 13 heavy (non-hydrogen) atoms. The lowest BCUT2D eigenvalue weighted by atomic mass is 10.3. The van der Waals surface area contributed by atoms with Crippen molar-refractivity contribution in [1.82, 2.24) is 4.98 Å². The molecule has 0 radical (unpaired) electrons. The van der Waals surface area contributed by atoms with Gasteiger partial charge in [-0.05, 0) is 6.07 Å². The number of hydrogen-bond acceptors (Lipinski definition) is 3. The average molecular weight is 201 g/mol. The van der Waals surface area contributed by atoms with Crippen LogP contribution in [0, 0.1) is 0 Å². The van der Waals surface area contributed by atoms with Crippen LogP contribution in [0.25, 0.3) is 0 Å². The number of rotatable bonds is 4. The first-order valence-electron chi connectivity index (χ1n) is 4.11. The zero-order valence-corrected chi connectivity index (χ0v) is 8.33. The Balaban J connectivity index is 2.85. The summed E-state index contributed by atoms with van der Waals surface area (Å²) in [5, 5.41) is 8.76. The van der Waals surface area contributed by atoms with Gasteiger partial charge in [-0.2, -0.15) is 0 Å². The molecule has 72 valence electrons. The Hall–Kier alpha value is -0.800. The third-order valence-electron chi connectivity index (χ3n) is 1.81. The summed E-state index contributed by atoms with van der Waals surface area (Å²) in [6, 6.07) is 3.79. The third-order valence-corrected chi connectivity index (χ3v) is 2.10. The molecule has 0 atom stereocenters. The smallest absolute Gasteiger partial charge is 0.132 e. The zero-order valence-electron chi connectivity index (χ0n) is 7.57. The van der Waals surface area contributed by atoms with E-state index in [1.165, 1.54) is 0 Å². The van der Waals surface area contributed by atoms with Crippen LogP contribution < -0.4 is 4.90 Å². The Bertz CT molecular complexity index is 268. The minimum atomic E-state index is 0.120.